The van der Waals surface area contributed by atoms with Crippen molar-refractivity contribution in [1.82, 2.24) is 19.9 Å². The number of aromatic nitrogens is 4. The molecule has 98 valence electrons. The predicted molar refractivity (Wildman–Crippen MR) is 78.0 cm³/mol. The fourth-order valence-corrected chi connectivity index (χ4v) is 2.10. The van der Waals surface area contributed by atoms with Gasteiger partial charge in [-0.3, -0.25) is 4.98 Å². The number of hydrogen-bond donors (Lipinski definition) is 0. The van der Waals surface area contributed by atoms with Gasteiger partial charge in [-0.25, -0.2) is 15.0 Å². The largest absolute Gasteiger partial charge is 0.256 e. The van der Waals surface area contributed by atoms with Crippen LogP contribution in [0, 0.1) is 13.8 Å². The minimum absolute atomic E-state index is 0.702. The van der Waals surface area contributed by atoms with E-state index in [2.05, 4.69) is 26.0 Å². The molecule has 1 aromatic carbocycles. The molecule has 0 saturated carbocycles. The molecule has 0 aliphatic rings. The van der Waals surface area contributed by atoms with Crippen LogP contribution in [0.15, 0.2) is 48.7 Å². The zero-order valence-corrected chi connectivity index (χ0v) is 11.4. The van der Waals surface area contributed by atoms with Crippen molar-refractivity contribution in [2.45, 2.75) is 13.8 Å². The number of hydrogen-bond acceptors (Lipinski definition) is 4. The Hall–Kier alpha value is -2.62. The minimum Gasteiger partial charge on any atom is -0.256 e. The Morgan fingerprint density at radius 3 is 2.20 bits per heavy atom. The Morgan fingerprint density at radius 1 is 0.750 bits per heavy atom. The van der Waals surface area contributed by atoms with Crippen LogP contribution in [0.1, 0.15) is 11.6 Å². The molecule has 0 N–H and O–H groups in total. The molecule has 20 heavy (non-hydrogen) atoms. The molecule has 0 bridgehead atoms. The molecule has 3 aromatic rings. The molecule has 2 aromatic heterocycles. The van der Waals surface area contributed by atoms with E-state index in [1.165, 1.54) is 0 Å². The van der Waals surface area contributed by atoms with Crippen LogP contribution in [0.25, 0.3) is 22.6 Å². The monoisotopic (exact) mass is 262 g/mol. The maximum absolute atomic E-state index is 4.40. The molecule has 0 atom stereocenters. The van der Waals surface area contributed by atoms with Gasteiger partial charge in [0.1, 0.15) is 11.6 Å². The first kappa shape index (κ1) is 12.4. The van der Waals surface area contributed by atoms with E-state index < -0.39 is 0 Å². The third-order valence-electron chi connectivity index (χ3n) is 2.94. The first-order valence-corrected chi connectivity index (χ1v) is 6.43. The fraction of sp³-hybridized carbons (Fsp3) is 0.125. The Balaban J connectivity index is 2.07. The van der Waals surface area contributed by atoms with E-state index in [4.69, 9.17) is 0 Å². The molecule has 0 aliphatic heterocycles. The van der Waals surface area contributed by atoms with Crippen LogP contribution in [-0.4, -0.2) is 19.9 Å². The third kappa shape index (κ3) is 2.54. The lowest BCUT2D eigenvalue weighted by atomic mass is 10.1. The van der Waals surface area contributed by atoms with Crippen molar-refractivity contribution >= 4 is 0 Å². The molecular weight excluding hydrogens is 248 g/mol. The first-order valence-electron chi connectivity index (χ1n) is 6.43. The van der Waals surface area contributed by atoms with Crippen molar-refractivity contribution in [1.29, 1.82) is 0 Å². The zero-order valence-electron chi connectivity index (χ0n) is 11.4. The van der Waals surface area contributed by atoms with Gasteiger partial charge in [-0.1, -0.05) is 24.3 Å². The molecule has 0 unspecified atom stereocenters. The van der Waals surface area contributed by atoms with Crippen LogP contribution >= 0.6 is 0 Å². The predicted octanol–water partition coefficient (Wildman–Crippen LogP) is 3.22. The highest BCUT2D eigenvalue weighted by Gasteiger charge is 2.06. The number of aryl methyl sites for hydroxylation is 2. The Labute approximate surface area is 117 Å². The van der Waals surface area contributed by atoms with E-state index in [-0.39, 0.29) is 0 Å². The Morgan fingerprint density at radius 2 is 1.50 bits per heavy atom. The molecule has 0 fully saturated rings. The highest BCUT2D eigenvalue weighted by Crippen LogP contribution is 2.22. The summed E-state index contributed by atoms with van der Waals surface area (Å²) in [4.78, 5) is 17.4. The van der Waals surface area contributed by atoms with Crippen LogP contribution in [-0.2, 0) is 0 Å². The van der Waals surface area contributed by atoms with Gasteiger partial charge in [-0.15, -0.1) is 0 Å². The normalized spacial score (nSPS) is 10.5. The Kier molecular flexibility index (Phi) is 3.21. The summed E-state index contributed by atoms with van der Waals surface area (Å²) in [5, 5.41) is 0. The van der Waals surface area contributed by atoms with E-state index in [0.29, 0.717) is 5.82 Å². The molecule has 0 spiro atoms. The third-order valence-corrected chi connectivity index (χ3v) is 2.94. The molecule has 3 rings (SSSR count). The standard InChI is InChI=1S/C16H14N4/c1-11-18-12(2)20-16(19-11)14-7-5-6-13(10-14)15-8-3-4-9-17-15/h3-10H,1-2H3. The fourth-order valence-electron chi connectivity index (χ4n) is 2.10. The van der Waals surface area contributed by atoms with Crippen molar-refractivity contribution in [3.8, 4) is 22.6 Å². The van der Waals surface area contributed by atoms with Crippen molar-refractivity contribution < 1.29 is 0 Å². The average molecular weight is 262 g/mol. The second-order valence-corrected chi connectivity index (χ2v) is 4.55. The molecule has 0 amide bonds. The summed E-state index contributed by atoms with van der Waals surface area (Å²) in [7, 11) is 0. The van der Waals surface area contributed by atoms with Crippen molar-refractivity contribution in [3.63, 3.8) is 0 Å². The highest BCUT2D eigenvalue weighted by molar-refractivity contribution is 5.67. The second kappa shape index (κ2) is 5.17. The molecule has 2 heterocycles. The summed E-state index contributed by atoms with van der Waals surface area (Å²) in [5.74, 6) is 2.17. The SMILES string of the molecule is Cc1nc(C)nc(-c2cccc(-c3ccccn3)c2)n1. The maximum Gasteiger partial charge on any atom is 0.163 e. The van der Waals surface area contributed by atoms with E-state index >= 15 is 0 Å². The summed E-state index contributed by atoms with van der Waals surface area (Å²) >= 11 is 0. The van der Waals surface area contributed by atoms with Crippen molar-refractivity contribution in [2.75, 3.05) is 0 Å². The van der Waals surface area contributed by atoms with Crippen LogP contribution in [0.5, 0.6) is 0 Å². The first-order chi connectivity index (χ1) is 9.72. The summed E-state index contributed by atoms with van der Waals surface area (Å²) in [6, 6.07) is 14.0. The lowest BCUT2D eigenvalue weighted by molar-refractivity contribution is 0.928. The van der Waals surface area contributed by atoms with E-state index in [9.17, 15) is 0 Å². The summed E-state index contributed by atoms with van der Waals surface area (Å²) in [6.45, 7) is 3.75. The van der Waals surface area contributed by atoms with Gasteiger partial charge < -0.3 is 0 Å². The van der Waals surface area contributed by atoms with Crippen molar-refractivity contribution in [2.24, 2.45) is 0 Å². The van der Waals surface area contributed by atoms with Gasteiger partial charge in [0.2, 0.25) is 0 Å². The number of benzene rings is 1. The lowest BCUT2D eigenvalue weighted by Crippen LogP contribution is -1.98. The lowest BCUT2D eigenvalue weighted by Gasteiger charge is -2.05. The van der Waals surface area contributed by atoms with Crippen LogP contribution in [0.3, 0.4) is 0 Å². The molecule has 0 saturated heterocycles. The highest BCUT2D eigenvalue weighted by atomic mass is 15.0. The van der Waals surface area contributed by atoms with Crippen LogP contribution in [0.2, 0.25) is 0 Å². The summed E-state index contributed by atoms with van der Waals surface area (Å²) < 4.78 is 0. The van der Waals surface area contributed by atoms with Gasteiger partial charge in [0.25, 0.3) is 0 Å². The minimum atomic E-state index is 0.702. The van der Waals surface area contributed by atoms with E-state index in [0.717, 1.165) is 28.5 Å². The molecule has 0 aliphatic carbocycles. The van der Waals surface area contributed by atoms with Gasteiger partial charge in [0.05, 0.1) is 5.69 Å². The second-order valence-electron chi connectivity index (χ2n) is 4.55. The van der Waals surface area contributed by atoms with Crippen LogP contribution < -0.4 is 0 Å². The summed E-state index contributed by atoms with van der Waals surface area (Å²) in [6.07, 6.45) is 1.79. The smallest absolute Gasteiger partial charge is 0.163 e. The number of rotatable bonds is 2. The maximum atomic E-state index is 4.40. The quantitative estimate of drug-likeness (QED) is 0.711. The van der Waals surface area contributed by atoms with Crippen molar-refractivity contribution in [3.05, 3.63) is 60.3 Å². The van der Waals surface area contributed by atoms with Gasteiger partial charge in [0.15, 0.2) is 5.82 Å². The molecular formula is C16H14N4. The van der Waals surface area contributed by atoms with E-state index in [1.807, 2.05) is 50.2 Å². The van der Waals surface area contributed by atoms with E-state index in [1.54, 1.807) is 6.20 Å². The van der Waals surface area contributed by atoms with Gasteiger partial charge in [-0.2, -0.15) is 0 Å². The Bertz CT molecular complexity index is 718. The number of pyridine rings is 1. The topological polar surface area (TPSA) is 51.6 Å². The molecule has 4 heteroatoms. The van der Waals surface area contributed by atoms with Gasteiger partial charge in [-0.05, 0) is 32.0 Å². The van der Waals surface area contributed by atoms with Gasteiger partial charge in [0, 0.05) is 17.3 Å². The summed E-state index contributed by atoms with van der Waals surface area (Å²) in [5.41, 5.74) is 2.97. The average Bonchev–Trinajstić information content (AvgIpc) is 2.47. The molecule has 4 nitrogen and oxygen atoms in total. The van der Waals surface area contributed by atoms with Gasteiger partial charge >= 0.3 is 0 Å². The van der Waals surface area contributed by atoms with Crippen LogP contribution in [0.4, 0.5) is 0 Å². The molecule has 0 radical (unpaired) electrons. The zero-order chi connectivity index (χ0) is 13.9. The number of nitrogens with zero attached hydrogens (tertiary/aromatic N) is 4.